The number of nitrogens with one attached hydrogen (secondary N) is 1. The van der Waals surface area contributed by atoms with E-state index in [-0.39, 0.29) is 10.4 Å². The average molecular weight is 309 g/mol. The van der Waals surface area contributed by atoms with Crippen LogP contribution in [0.25, 0.3) is 0 Å². The van der Waals surface area contributed by atoms with Crippen LogP contribution in [0.5, 0.6) is 0 Å². The fraction of sp³-hybridized carbons (Fsp3) is 0.333. The molecular weight excluding hydrogens is 292 g/mol. The molecule has 0 aliphatic rings. The van der Waals surface area contributed by atoms with Gasteiger partial charge in [0.05, 0.1) is 11.1 Å². The highest BCUT2D eigenvalue weighted by atomic mass is 32.2. The summed E-state index contributed by atoms with van der Waals surface area (Å²) in [6.07, 6.45) is 4.47. The Kier molecular flexibility index (Phi) is 4.90. The smallest absolute Gasteiger partial charge is 0.140 e. The molecule has 0 bridgehead atoms. The van der Waals surface area contributed by atoms with Crippen LogP contribution >= 0.6 is 11.8 Å². The first-order valence-electron chi connectivity index (χ1n) is 6.52. The molecule has 0 amide bonds. The topological polar surface area (TPSA) is 37.8 Å². The van der Waals surface area contributed by atoms with Crippen molar-refractivity contribution < 1.29 is 8.78 Å². The Balaban J connectivity index is 2.17. The SMILES string of the molecule is CC(C)(C)NCc1cc(F)c(Sc2cnccn2)c(F)c1. The second-order valence-electron chi connectivity index (χ2n) is 5.64. The van der Waals surface area contributed by atoms with Crippen LogP contribution in [0.1, 0.15) is 26.3 Å². The molecule has 3 nitrogen and oxygen atoms in total. The van der Waals surface area contributed by atoms with E-state index < -0.39 is 11.6 Å². The third-order valence-electron chi connectivity index (χ3n) is 2.63. The lowest BCUT2D eigenvalue weighted by molar-refractivity contribution is 0.422. The van der Waals surface area contributed by atoms with Crippen molar-refractivity contribution >= 4 is 11.8 Å². The maximum absolute atomic E-state index is 14.1. The molecule has 6 heteroatoms. The van der Waals surface area contributed by atoms with E-state index in [0.717, 1.165) is 11.8 Å². The predicted molar refractivity (Wildman–Crippen MR) is 79.1 cm³/mol. The Morgan fingerprint density at radius 2 is 1.81 bits per heavy atom. The number of aromatic nitrogens is 2. The minimum absolute atomic E-state index is 0.0602. The molecule has 0 aliphatic heterocycles. The van der Waals surface area contributed by atoms with Gasteiger partial charge in [0.1, 0.15) is 16.7 Å². The molecule has 0 unspecified atom stereocenters. The summed E-state index contributed by atoms with van der Waals surface area (Å²) >= 11 is 0.929. The second kappa shape index (κ2) is 6.49. The molecule has 1 N–H and O–H groups in total. The van der Waals surface area contributed by atoms with Crippen LogP contribution < -0.4 is 5.32 Å². The number of hydrogen-bond donors (Lipinski definition) is 1. The van der Waals surface area contributed by atoms with Crippen LogP contribution in [0.15, 0.2) is 40.6 Å². The van der Waals surface area contributed by atoms with E-state index in [2.05, 4.69) is 15.3 Å². The largest absolute Gasteiger partial charge is 0.308 e. The molecule has 21 heavy (non-hydrogen) atoms. The maximum atomic E-state index is 14.1. The number of benzene rings is 1. The van der Waals surface area contributed by atoms with Gasteiger partial charge in [-0.25, -0.2) is 13.8 Å². The maximum Gasteiger partial charge on any atom is 0.140 e. The second-order valence-corrected chi connectivity index (χ2v) is 6.67. The van der Waals surface area contributed by atoms with Gasteiger partial charge in [0.15, 0.2) is 0 Å². The van der Waals surface area contributed by atoms with Gasteiger partial charge in [0.2, 0.25) is 0 Å². The molecule has 2 aromatic rings. The summed E-state index contributed by atoms with van der Waals surface area (Å²) in [6, 6.07) is 2.70. The highest BCUT2D eigenvalue weighted by Gasteiger charge is 2.15. The zero-order valence-electron chi connectivity index (χ0n) is 12.2. The van der Waals surface area contributed by atoms with Crippen molar-refractivity contribution in [2.75, 3.05) is 0 Å². The highest BCUT2D eigenvalue weighted by Crippen LogP contribution is 2.31. The van der Waals surface area contributed by atoms with E-state index in [1.54, 1.807) is 0 Å². The Morgan fingerprint density at radius 3 is 2.33 bits per heavy atom. The van der Waals surface area contributed by atoms with Gasteiger partial charge >= 0.3 is 0 Å². The van der Waals surface area contributed by atoms with Gasteiger partial charge in [-0.1, -0.05) is 11.8 Å². The van der Waals surface area contributed by atoms with Crippen LogP contribution in [0.2, 0.25) is 0 Å². The first-order chi connectivity index (χ1) is 9.85. The molecule has 1 aromatic heterocycles. The van der Waals surface area contributed by atoms with E-state index in [0.29, 0.717) is 17.1 Å². The first-order valence-corrected chi connectivity index (χ1v) is 7.33. The van der Waals surface area contributed by atoms with Crippen molar-refractivity contribution in [1.29, 1.82) is 0 Å². The minimum atomic E-state index is -0.587. The molecule has 0 aliphatic carbocycles. The normalized spacial score (nSPS) is 11.7. The summed E-state index contributed by atoms with van der Waals surface area (Å²) in [5, 5.41) is 3.65. The Morgan fingerprint density at radius 1 is 1.14 bits per heavy atom. The van der Waals surface area contributed by atoms with Gasteiger partial charge in [-0.05, 0) is 38.5 Å². The molecular formula is C15H17F2N3S. The quantitative estimate of drug-likeness (QED) is 0.932. The summed E-state index contributed by atoms with van der Waals surface area (Å²) in [5.41, 5.74) is 0.462. The van der Waals surface area contributed by atoms with Crippen molar-refractivity contribution in [2.45, 2.75) is 42.8 Å². The minimum Gasteiger partial charge on any atom is -0.308 e. The van der Waals surface area contributed by atoms with Gasteiger partial charge in [-0.2, -0.15) is 0 Å². The van der Waals surface area contributed by atoms with E-state index in [9.17, 15) is 8.78 Å². The van der Waals surface area contributed by atoms with Gasteiger partial charge in [-0.15, -0.1) is 0 Å². The van der Waals surface area contributed by atoms with Crippen molar-refractivity contribution in [1.82, 2.24) is 15.3 Å². The zero-order chi connectivity index (χ0) is 15.5. The van der Waals surface area contributed by atoms with Crippen molar-refractivity contribution in [2.24, 2.45) is 0 Å². The van der Waals surface area contributed by atoms with Crippen LogP contribution in [0, 0.1) is 11.6 Å². The molecule has 0 atom stereocenters. The summed E-state index contributed by atoms with van der Waals surface area (Å²) in [5.74, 6) is -1.17. The molecule has 0 saturated carbocycles. The molecule has 1 aromatic carbocycles. The van der Waals surface area contributed by atoms with Gasteiger partial charge < -0.3 is 5.32 Å². The summed E-state index contributed by atoms with van der Waals surface area (Å²) < 4.78 is 28.2. The molecule has 0 fully saturated rings. The monoisotopic (exact) mass is 309 g/mol. The molecule has 2 rings (SSSR count). The van der Waals surface area contributed by atoms with Gasteiger partial charge in [0, 0.05) is 24.5 Å². The molecule has 0 spiro atoms. The Labute approximate surface area is 127 Å². The number of halogens is 2. The Bertz CT molecular complexity index is 589. The van der Waals surface area contributed by atoms with Crippen LogP contribution in [-0.2, 0) is 6.54 Å². The number of rotatable bonds is 4. The molecule has 112 valence electrons. The number of nitrogens with zero attached hydrogens (tertiary/aromatic N) is 2. The van der Waals surface area contributed by atoms with Gasteiger partial charge in [-0.3, -0.25) is 4.98 Å². The molecule has 0 saturated heterocycles. The fourth-order valence-corrected chi connectivity index (χ4v) is 2.37. The number of hydrogen-bond acceptors (Lipinski definition) is 4. The van der Waals surface area contributed by atoms with E-state index in [1.165, 1.54) is 30.7 Å². The van der Waals surface area contributed by atoms with Crippen LogP contribution in [-0.4, -0.2) is 15.5 Å². The molecule has 0 radical (unpaired) electrons. The summed E-state index contributed by atoms with van der Waals surface area (Å²) in [4.78, 5) is 7.82. The average Bonchev–Trinajstić information content (AvgIpc) is 2.41. The van der Waals surface area contributed by atoms with E-state index >= 15 is 0 Å². The lowest BCUT2D eigenvalue weighted by atomic mass is 10.1. The van der Waals surface area contributed by atoms with E-state index in [1.807, 2.05) is 20.8 Å². The standard InChI is InChI=1S/C15H17F2N3S/c1-15(2,3)20-8-10-6-11(16)14(12(17)7-10)21-13-9-18-4-5-19-13/h4-7,9,20H,8H2,1-3H3. The third-order valence-corrected chi connectivity index (χ3v) is 3.64. The lowest BCUT2D eigenvalue weighted by Gasteiger charge is -2.20. The van der Waals surface area contributed by atoms with E-state index in [4.69, 9.17) is 0 Å². The first kappa shape index (κ1) is 15.9. The van der Waals surface area contributed by atoms with Crippen molar-refractivity contribution in [3.63, 3.8) is 0 Å². The fourth-order valence-electron chi connectivity index (χ4n) is 1.62. The zero-order valence-corrected chi connectivity index (χ0v) is 13.0. The lowest BCUT2D eigenvalue weighted by Crippen LogP contribution is -2.35. The predicted octanol–water partition coefficient (Wildman–Crippen LogP) is 3.79. The van der Waals surface area contributed by atoms with Crippen LogP contribution in [0.3, 0.4) is 0 Å². The van der Waals surface area contributed by atoms with Gasteiger partial charge in [0.25, 0.3) is 0 Å². The highest BCUT2D eigenvalue weighted by molar-refractivity contribution is 7.99. The third kappa shape index (κ3) is 4.75. The van der Waals surface area contributed by atoms with Crippen molar-refractivity contribution in [3.05, 3.63) is 47.9 Å². The summed E-state index contributed by atoms with van der Waals surface area (Å²) in [7, 11) is 0. The Hall–Kier alpha value is -1.53. The van der Waals surface area contributed by atoms with Crippen molar-refractivity contribution in [3.8, 4) is 0 Å². The molecule has 1 heterocycles. The van der Waals surface area contributed by atoms with Crippen LogP contribution in [0.4, 0.5) is 8.78 Å². The summed E-state index contributed by atoms with van der Waals surface area (Å²) in [6.45, 7) is 6.40.